The zero-order chi connectivity index (χ0) is 14.8. The molecule has 106 valence electrons. The molecule has 1 heterocycles. The number of nitrogens with zero attached hydrogens (tertiary/aromatic N) is 4. The van der Waals surface area contributed by atoms with E-state index in [2.05, 4.69) is 20.1 Å². The number of aryl methyl sites for hydroxylation is 1. The zero-order valence-corrected chi connectivity index (χ0v) is 11.8. The van der Waals surface area contributed by atoms with E-state index in [1.807, 2.05) is 0 Å². The normalized spacial score (nSPS) is 11.3. The summed E-state index contributed by atoms with van der Waals surface area (Å²) in [5.74, 6) is -0.251. The van der Waals surface area contributed by atoms with Crippen molar-refractivity contribution in [3.8, 4) is 0 Å². The van der Waals surface area contributed by atoms with E-state index < -0.39 is 10.0 Å². The number of rotatable bonds is 5. The molecule has 1 N–H and O–H groups in total. The monoisotopic (exact) mass is 295 g/mol. The van der Waals surface area contributed by atoms with Crippen LogP contribution < -0.4 is 4.72 Å². The van der Waals surface area contributed by atoms with Gasteiger partial charge in [0.2, 0.25) is 0 Å². The Morgan fingerprint density at radius 2 is 2.15 bits per heavy atom. The van der Waals surface area contributed by atoms with Crippen molar-refractivity contribution >= 4 is 21.8 Å². The Kier molecular flexibility index (Phi) is 3.79. The smallest absolute Gasteiger partial charge is 0.277 e. The predicted octanol–water partition coefficient (Wildman–Crippen LogP) is 0.604. The Hall–Kier alpha value is -2.29. The molecule has 0 bridgehead atoms. The lowest BCUT2D eigenvalue weighted by Gasteiger charge is -2.05. The van der Waals surface area contributed by atoms with Crippen molar-refractivity contribution in [3.63, 3.8) is 0 Å². The van der Waals surface area contributed by atoms with Gasteiger partial charge in [0, 0.05) is 12.0 Å². The largest absolute Gasteiger partial charge is 0.294 e. The Balaban J connectivity index is 2.32. The summed E-state index contributed by atoms with van der Waals surface area (Å²) < 4.78 is 26.5. The molecule has 0 radical (unpaired) electrons. The van der Waals surface area contributed by atoms with Gasteiger partial charge in [0.1, 0.15) is 0 Å². The van der Waals surface area contributed by atoms with Crippen LogP contribution in [0.1, 0.15) is 23.7 Å². The zero-order valence-electron chi connectivity index (χ0n) is 10.9. The molecule has 0 atom stereocenters. The number of Topliss-reactive ketones (excluding diaryl/α,β-unsaturated/α-hetero) is 1. The lowest BCUT2D eigenvalue weighted by molar-refractivity contribution is 0.0988. The first-order valence-electron chi connectivity index (χ1n) is 5.82. The first kappa shape index (κ1) is 14.1. The molecule has 20 heavy (non-hydrogen) atoms. The van der Waals surface area contributed by atoms with Gasteiger partial charge in [-0.05, 0) is 17.3 Å². The Morgan fingerprint density at radius 3 is 2.75 bits per heavy atom. The molecule has 2 rings (SSSR count). The highest BCUT2D eigenvalue weighted by Crippen LogP contribution is 2.15. The Morgan fingerprint density at radius 1 is 1.40 bits per heavy atom. The SMILES string of the molecule is CCC(=O)c1cccc(S(=O)(=O)Nc2nnn(C)n2)c1. The second-order valence-electron chi connectivity index (χ2n) is 4.01. The third kappa shape index (κ3) is 2.99. The molecule has 0 fully saturated rings. The van der Waals surface area contributed by atoms with Gasteiger partial charge in [0.15, 0.2) is 5.78 Å². The van der Waals surface area contributed by atoms with Crippen LogP contribution in [0.25, 0.3) is 0 Å². The highest BCUT2D eigenvalue weighted by Gasteiger charge is 2.18. The van der Waals surface area contributed by atoms with Gasteiger partial charge in [-0.25, -0.2) is 13.1 Å². The van der Waals surface area contributed by atoms with Crippen molar-refractivity contribution < 1.29 is 13.2 Å². The fraction of sp³-hybridized carbons (Fsp3) is 0.273. The summed E-state index contributed by atoms with van der Waals surface area (Å²) in [6.07, 6.45) is 0.308. The minimum absolute atomic E-state index is 0.0238. The summed E-state index contributed by atoms with van der Waals surface area (Å²) in [7, 11) is -2.33. The molecule has 0 aliphatic carbocycles. The number of nitrogens with one attached hydrogen (secondary N) is 1. The number of hydrogen-bond acceptors (Lipinski definition) is 6. The fourth-order valence-electron chi connectivity index (χ4n) is 1.54. The van der Waals surface area contributed by atoms with Gasteiger partial charge in [-0.1, -0.05) is 24.2 Å². The van der Waals surface area contributed by atoms with E-state index in [4.69, 9.17) is 0 Å². The number of carbonyl (C=O) groups is 1. The Bertz CT molecular complexity index is 738. The van der Waals surface area contributed by atoms with Crippen LogP contribution in [0.4, 0.5) is 5.95 Å². The van der Waals surface area contributed by atoms with Gasteiger partial charge in [-0.3, -0.25) is 4.79 Å². The highest BCUT2D eigenvalue weighted by molar-refractivity contribution is 7.92. The number of aromatic nitrogens is 4. The third-order valence-electron chi connectivity index (χ3n) is 2.52. The van der Waals surface area contributed by atoms with Crippen molar-refractivity contribution in [1.82, 2.24) is 20.2 Å². The van der Waals surface area contributed by atoms with E-state index in [1.54, 1.807) is 13.0 Å². The van der Waals surface area contributed by atoms with Crippen molar-refractivity contribution in [1.29, 1.82) is 0 Å². The molecule has 0 aliphatic heterocycles. The number of benzene rings is 1. The molecule has 2 aromatic rings. The first-order valence-corrected chi connectivity index (χ1v) is 7.31. The van der Waals surface area contributed by atoms with E-state index in [0.29, 0.717) is 12.0 Å². The van der Waals surface area contributed by atoms with Crippen LogP contribution in [0, 0.1) is 0 Å². The molecule has 0 aliphatic rings. The van der Waals surface area contributed by atoms with Gasteiger partial charge in [-0.15, -0.1) is 5.10 Å². The summed E-state index contributed by atoms with van der Waals surface area (Å²) >= 11 is 0. The average molecular weight is 295 g/mol. The molecule has 0 saturated carbocycles. The number of sulfonamides is 1. The van der Waals surface area contributed by atoms with E-state index in [1.165, 1.54) is 25.2 Å². The molecule has 0 saturated heterocycles. The molecule has 8 nitrogen and oxygen atoms in total. The van der Waals surface area contributed by atoms with E-state index in [9.17, 15) is 13.2 Å². The van der Waals surface area contributed by atoms with Crippen LogP contribution in [0.3, 0.4) is 0 Å². The molecule has 9 heteroatoms. The second kappa shape index (κ2) is 5.37. The molecule has 0 amide bonds. The molecule has 1 aromatic carbocycles. The number of carbonyl (C=O) groups excluding carboxylic acids is 1. The van der Waals surface area contributed by atoms with Crippen molar-refractivity contribution in [2.45, 2.75) is 18.2 Å². The second-order valence-corrected chi connectivity index (χ2v) is 5.69. The number of hydrogen-bond donors (Lipinski definition) is 1. The van der Waals surface area contributed by atoms with E-state index >= 15 is 0 Å². The van der Waals surface area contributed by atoms with Crippen molar-refractivity contribution in [2.24, 2.45) is 7.05 Å². The van der Waals surface area contributed by atoms with E-state index in [-0.39, 0.29) is 16.6 Å². The fourth-order valence-corrected chi connectivity index (χ4v) is 2.52. The lowest BCUT2D eigenvalue weighted by Crippen LogP contribution is -2.15. The van der Waals surface area contributed by atoms with Gasteiger partial charge in [-0.2, -0.15) is 4.80 Å². The Labute approximate surface area is 115 Å². The van der Waals surface area contributed by atoms with Crippen LogP contribution in [0.2, 0.25) is 0 Å². The average Bonchev–Trinajstić information content (AvgIpc) is 2.82. The summed E-state index contributed by atoms with van der Waals surface area (Å²) in [5.41, 5.74) is 0.350. The van der Waals surface area contributed by atoms with E-state index in [0.717, 1.165) is 4.80 Å². The van der Waals surface area contributed by atoms with Crippen LogP contribution in [0.5, 0.6) is 0 Å². The van der Waals surface area contributed by atoms with Crippen LogP contribution in [-0.2, 0) is 17.1 Å². The van der Waals surface area contributed by atoms with Crippen molar-refractivity contribution in [3.05, 3.63) is 29.8 Å². The summed E-state index contributed by atoms with van der Waals surface area (Å²) in [6, 6.07) is 5.81. The maximum atomic E-state index is 12.1. The molecular weight excluding hydrogens is 282 g/mol. The highest BCUT2D eigenvalue weighted by atomic mass is 32.2. The summed E-state index contributed by atoms with van der Waals surface area (Å²) in [5, 5.41) is 10.8. The first-order chi connectivity index (χ1) is 9.42. The minimum Gasteiger partial charge on any atom is -0.294 e. The van der Waals surface area contributed by atoms with Gasteiger partial charge >= 0.3 is 0 Å². The number of anilines is 1. The maximum absolute atomic E-state index is 12.1. The quantitative estimate of drug-likeness (QED) is 0.810. The molecule has 0 spiro atoms. The maximum Gasteiger partial charge on any atom is 0.277 e. The van der Waals surface area contributed by atoms with Crippen LogP contribution in [0.15, 0.2) is 29.2 Å². The molecule has 1 aromatic heterocycles. The summed E-state index contributed by atoms with van der Waals surface area (Å²) in [6.45, 7) is 1.71. The number of ketones is 1. The summed E-state index contributed by atoms with van der Waals surface area (Å²) in [4.78, 5) is 12.7. The van der Waals surface area contributed by atoms with Gasteiger partial charge < -0.3 is 0 Å². The standard InChI is InChI=1S/C11H13N5O3S/c1-3-10(17)8-5-4-6-9(7-8)20(18,19)14-11-12-15-16(2)13-11/h4-7H,3H2,1-2H3,(H,13,14). The van der Waals surface area contributed by atoms with Crippen LogP contribution >= 0.6 is 0 Å². The minimum atomic E-state index is -3.84. The van der Waals surface area contributed by atoms with Crippen molar-refractivity contribution in [2.75, 3.05) is 4.72 Å². The third-order valence-corrected chi connectivity index (χ3v) is 3.85. The predicted molar refractivity (Wildman–Crippen MR) is 70.7 cm³/mol. The van der Waals surface area contributed by atoms with Gasteiger partial charge in [0.25, 0.3) is 16.0 Å². The molecule has 0 unspecified atom stereocenters. The lowest BCUT2D eigenvalue weighted by atomic mass is 10.1. The van der Waals surface area contributed by atoms with Crippen LogP contribution in [-0.4, -0.2) is 34.4 Å². The number of tetrazole rings is 1. The topological polar surface area (TPSA) is 107 Å². The molecular formula is C11H13N5O3S. The van der Waals surface area contributed by atoms with Gasteiger partial charge in [0.05, 0.1) is 11.9 Å².